The maximum Gasteiger partial charge on any atom is 0.305 e. The van der Waals surface area contributed by atoms with Crippen LogP contribution in [-0.4, -0.2) is 23.0 Å². The minimum absolute atomic E-state index is 0.00646. The van der Waals surface area contributed by atoms with Crippen LogP contribution in [0, 0.1) is 11.6 Å². The van der Waals surface area contributed by atoms with Crippen molar-refractivity contribution in [3.63, 3.8) is 0 Å². The van der Waals surface area contributed by atoms with Gasteiger partial charge in [0.1, 0.15) is 11.6 Å². The van der Waals surface area contributed by atoms with E-state index < -0.39 is 29.6 Å². The fourth-order valence-electron chi connectivity index (χ4n) is 1.94. The molecule has 0 saturated carbocycles. The van der Waals surface area contributed by atoms with E-state index in [1.54, 1.807) is 13.8 Å². The van der Waals surface area contributed by atoms with Gasteiger partial charge in [-0.1, -0.05) is 13.0 Å². The Bertz CT molecular complexity index is 505. The lowest BCUT2D eigenvalue weighted by molar-refractivity contribution is -0.137. The van der Waals surface area contributed by atoms with Crippen molar-refractivity contribution in [3.05, 3.63) is 35.4 Å². The molecule has 6 heteroatoms. The van der Waals surface area contributed by atoms with Crippen LogP contribution in [-0.2, 0) is 9.59 Å². The van der Waals surface area contributed by atoms with Gasteiger partial charge in [0.15, 0.2) is 0 Å². The average Bonchev–Trinajstić information content (AvgIpc) is 2.26. The Kier molecular flexibility index (Phi) is 5.61. The van der Waals surface area contributed by atoms with E-state index in [-0.39, 0.29) is 24.3 Å². The number of amides is 1. The number of halogens is 2. The van der Waals surface area contributed by atoms with Crippen molar-refractivity contribution in [2.24, 2.45) is 0 Å². The van der Waals surface area contributed by atoms with Crippen LogP contribution >= 0.6 is 0 Å². The molecular weight excluding hydrogens is 268 g/mol. The van der Waals surface area contributed by atoms with Gasteiger partial charge in [-0.3, -0.25) is 9.59 Å². The summed E-state index contributed by atoms with van der Waals surface area (Å²) in [6.07, 6.45) is -0.169. The zero-order chi connectivity index (χ0) is 15.3. The highest BCUT2D eigenvalue weighted by molar-refractivity contribution is 5.78. The Hall–Kier alpha value is -1.98. The van der Waals surface area contributed by atoms with Crippen LogP contribution < -0.4 is 5.32 Å². The molecule has 110 valence electrons. The van der Waals surface area contributed by atoms with Gasteiger partial charge in [-0.15, -0.1) is 0 Å². The molecule has 0 heterocycles. The highest BCUT2D eigenvalue weighted by atomic mass is 19.1. The highest BCUT2D eigenvalue weighted by Gasteiger charge is 2.17. The van der Waals surface area contributed by atoms with Gasteiger partial charge in [-0.05, 0) is 24.5 Å². The summed E-state index contributed by atoms with van der Waals surface area (Å²) in [5, 5.41) is 11.1. The van der Waals surface area contributed by atoms with E-state index in [0.717, 1.165) is 12.1 Å². The number of hydrogen-bond acceptors (Lipinski definition) is 2. The molecule has 1 rings (SSSR count). The molecular formula is C14H17F2NO3. The van der Waals surface area contributed by atoms with Gasteiger partial charge in [0.2, 0.25) is 5.91 Å². The van der Waals surface area contributed by atoms with Gasteiger partial charge in [0, 0.05) is 18.5 Å². The number of carbonyl (C=O) groups is 2. The second-order valence-electron chi connectivity index (χ2n) is 4.84. The van der Waals surface area contributed by atoms with E-state index in [2.05, 4.69) is 5.32 Å². The number of carbonyl (C=O) groups excluding carboxylic acids is 1. The first kappa shape index (κ1) is 16.1. The third-order valence-corrected chi connectivity index (χ3v) is 2.87. The van der Waals surface area contributed by atoms with Crippen LogP contribution in [0.3, 0.4) is 0 Å². The van der Waals surface area contributed by atoms with Crippen molar-refractivity contribution in [2.75, 3.05) is 0 Å². The minimum Gasteiger partial charge on any atom is -0.481 e. The molecule has 0 spiro atoms. The Morgan fingerprint density at radius 3 is 2.45 bits per heavy atom. The summed E-state index contributed by atoms with van der Waals surface area (Å²) in [4.78, 5) is 22.2. The van der Waals surface area contributed by atoms with E-state index >= 15 is 0 Å². The van der Waals surface area contributed by atoms with Crippen molar-refractivity contribution in [3.8, 4) is 0 Å². The molecule has 2 unspecified atom stereocenters. The van der Waals surface area contributed by atoms with Crippen molar-refractivity contribution in [1.29, 1.82) is 0 Å². The average molecular weight is 285 g/mol. The van der Waals surface area contributed by atoms with E-state index in [4.69, 9.17) is 5.11 Å². The van der Waals surface area contributed by atoms with E-state index in [1.165, 1.54) is 6.07 Å². The first-order chi connectivity index (χ1) is 9.29. The molecule has 0 aliphatic heterocycles. The van der Waals surface area contributed by atoms with Crippen LogP contribution in [0.4, 0.5) is 8.78 Å². The third-order valence-electron chi connectivity index (χ3n) is 2.87. The summed E-state index contributed by atoms with van der Waals surface area (Å²) in [6.45, 7) is 3.23. The predicted molar refractivity (Wildman–Crippen MR) is 69.2 cm³/mol. The lowest BCUT2D eigenvalue weighted by Crippen LogP contribution is -2.34. The number of aliphatic carboxylic acids is 1. The van der Waals surface area contributed by atoms with Gasteiger partial charge in [0.25, 0.3) is 0 Å². The van der Waals surface area contributed by atoms with Crippen molar-refractivity contribution >= 4 is 11.9 Å². The highest BCUT2D eigenvalue weighted by Crippen LogP contribution is 2.22. The Balaban J connectivity index is 2.59. The molecule has 0 aliphatic rings. The fourth-order valence-corrected chi connectivity index (χ4v) is 1.94. The number of nitrogens with one attached hydrogen (secondary N) is 1. The number of rotatable bonds is 6. The Labute approximate surface area is 115 Å². The molecule has 1 aromatic rings. The van der Waals surface area contributed by atoms with Gasteiger partial charge in [0.05, 0.1) is 6.42 Å². The van der Waals surface area contributed by atoms with Crippen LogP contribution in [0.1, 0.15) is 38.2 Å². The third kappa shape index (κ3) is 4.95. The molecule has 1 amide bonds. The Morgan fingerprint density at radius 2 is 1.90 bits per heavy atom. The molecule has 2 N–H and O–H groups in total. The first-order valence-corrected chi connectivity index (χ1v) is 6.25. The largest absolute Gasteiger partial charge is 0.481 e. The maximum absolute atomic E-state index is 13.5. The molecule has 2 atom stereocenters. The van der Waals surface area contributed by atoms with Gasteiger partial charge in [-0.25, -0.2) is 8.78 Å². The lowest BCUT2D eigenvalue weighted by Gasteiger charge is -2.15. The summed E-state index contributed by atoms with van der Waals surface area (Å²) in [5.74, 6) is -3.15. The van der Waals surface area contributed by atoms with Crippen molar-refractivity contribution < 1.29 is 23.5 Å². The number of carboxylic acid groups (broad SMARTS) is 1. The zero-order valence-electron chi connectivity index (χ0n) is 11.3. The van der Waals surface area contributed by atoms with Crippen LogP contribution in [0.15, 0.2) is 18.2 Å². The molecule has 0 fully saturated rings. The SMILES string of the molecule is CC(CC(=O)O)NC(=O)CC(C)c1ccc(F)cc1F. The standard InChI is InChI=1S/C14H17F2NO3/c1-8(11-4-3-10(15)7-12(11)16)5-13(18)17-9(2)6-14(19)20/h3-4,7-9H,5-6H2,1-2H3,(H,17,18)(H,19,20). The first-order valence-electron chi connectivity index (χ1n) is 6.25. The summed E-state index contributed by atoms with van der Waals surface area (Å²) in [5.41, 5.74) is 0.257. The second-order valence-corrected chi connectivity index (χ2v) is 4.84. The van der Waals surface area contributed by atoms with Gasteiger partial charge in [-0.2, -0.15) is 0 Å². The normalized spacial score (nSPS) is 13.6. The summed E-state index contributed by atoms with van der Waals surface area (Å²) in [7, 11) is 0. The monoisotopic (exact) mass is 285 g/mol. The fraction of sp³-hybridized carbons (Fsp3) is 0.429. The van der Waals surface area contributed by atoms with E-state index in [9.17, 15) is 18.4 Å². The van der Waals surface area contributed by atoms with Crippen LogP contribution in [0.25, 0.3) is 0 Å². The predicted octanol–water partition coefficient (Wildman–Crippen LogP) is 2.44. The van der Waals surface area contributed by atoms with Crippen LogP contribution in [0.2, 0.25) is 0 Å². The second kappa shape index (κ2) is 6.98. The van der Waals surface area contributed by atoms with Crippen molar-refractivity contribution in [2.45, 2.75) is 38.6 Å². The smallest absolute Gasteiger partial charge is 0.305 e. The summed E-state index contributed by atoms with van der Waals surface area (Å²) in [6, 6.07) is 2.73. The van der Waals surface area contributed by atoms with Gasteiger partial charge >= 0.3 is 5.97 Å². The molecule has 0 aliphatic carbocycles. The zero-order valence-corrected chi connectivity index (χ0v) is 11.3. The lowest BCUT2D eigenvalue weighted by atomic mass is 9.96. The Morgan fingerprint density at radius 1 is 1.25 bits per heavy atom. The number of carboxylic acids is 1. The minimum atomic E-state index is -1.00. The van der Waals surface area contributed by atoms with Crippen LogP contribution in [0.5, 0.6) is 0 Å². The number of benzene rings is 1. The number of hydrogen-bond donors (Lipinski definition) is 2. The topological polar surface area (TPSA) is 66.4 Å². The molecule has 0 aromatic heterocycles. The molecule has 20 heavy (non-hydrogen) atoms. The van der Waals surface area contributed by atoms with E-state index in [0.29, 0.717) is 0 Å². The quantitative estimate of drug-likeness (QED) is 0.843. The van der Waals surface area contributed by atoms with Gasteiger partial charge < -0.3 is 10.4 Å². The molecule has 1 aromatic carbocycles. The van der Waals surface area contributed by atoms with Crippen molar-refractivity contribution in [1.82, 2.24) is 5.32 Å². The molecule has 0 saturated heterocycles. The summed E-state index contributed by atoms with van der Waals surface area (Å²) < 4.78 is 26.3. The molecule has 4 nitrogen and oxygen atoms in total. The molecule has 0 bridgehead atoms. The van der Waals surface area contributed by atoms with E-state index in [1.807, 2.05) is 0 Å². The maximum atomic E-state index is 13.5. The molecule has 0 radical (unpaired) electrons. The summed E-state index contributed by atoms with van der Waals surface area (Å²) >= 11 is 0.